The average Bonchev–Trinajstić information content (AvgIpc) is 2.29. The van der Waals surface area contributed by atoms with Gasteiger partial charge in [-0.1, -0.05) is 15.9 Å². The lowest BCUT2D eigenvalue weighted by Crippen LogP contribution is -2.33. The van der Waals surface area contributed by atoms with Crippen LogP contribution in [0.25, 0.3) is 0 Å². The molecule has 4 heteroatoms. The topological polar surface area (TPSA) is 12.0 Å². The van der Waals surface area contributed by atoms with E-state index in [1.54, 1.807) is 17.8 Å². The maximum Gasteiger partial charge on any atom is 0.128 e. The Hall–Kier alpha value is -0.0600. The average molecular weight is 320 g/mol. The molecule has 0 heterocycles. The molecule has 1 unspecified atom stereocenters. The fourth-order valence-corrected chi connectivity index (χ4v) is 2.03. The fourth-order valence-electron chi connectivity index (χ4n) is 1.43. The van der Waals surface area contributed by atoms with Gasteiger partial charge in [-0.3, -0.25) is 0 Å². The normalized spacial score (nSPS) is 13.8. The van der Waals surface area contributed by atoms with E-state index in [4.69, 9.17) is 0 Å². The van der Waals surface area contributed by atoms with Crippen molar-refractivity contribution in [3.8, 4) is 0 Å². The Labute approximate surface area is 116 Å². The first-order chi connectivity index (χ1) is 7.85. The van der Waals surface area contributed by atoms with Gasteiger partial charge < -0.3 is 5.32 Å². The van der Waals surface area contributed by atoms with Crippen molar-refractivity contribution in [1.29, 1.82) is 0 Å². The summed E-state index contributed by atoms with van der Waals surface area (Å²) in [5.41, 5.74) is 0.705. The first-order valence-electron chi connectivity index (χ1n) is 5.59. The van der Waals surface area contributed by atoms with Gasteiger partial charge >= 0.3 is 0 Å². The zero-order chi connectivity index (χ0) is 13.1. The third kappa shape index (κ3) is 4.60. The molecule has 1 nitrogen and oxygen atoms in total. The summed E-state index contributed by atoms with van der Waals surface area (Å²) >= 11 is 5.18. The number of hydrogen-bond donors (Lipinski definition) is 1. The van der Waals surface area contributed by atoms with Crippen LogP contribution in [0, 0.1) is 5.82 Å². The van der Waals surface area contributed by atoms with Crippen molar-refractivity contribution in [1.82, 2.24) is 5.32 Å². The Morgan fingerprint density at radius 2 is 2.12 bits per heavy atom. The van der Waals surface area contributed by atoms with Crippen LogP contribution in [-0.4, -0.2) is 17.5 Å². The summed E-state index contributed by atoms with van der Waals surface area (Å²) in [6, 6.07) is 5.06. The SMILES string of the molecule is CSC(C)(C)CNC(C)c1cc(Br)ccc1F. The van der Waals surface area contributed by atoms with E-state index >= 15 is 0 Å². The molecule has 17 heavy (non-hydrogen) atoms. The van der Waals surface area contributed by atoms with Gasteiger partial charge in [0.2, 0.25) is 0 Å². The number of nitrogens with one attached hydrogen (secondary N) is 1. The van der Waals surface area contributed by atoms with Gasteiger partial charge in [-0.05, 0) is 45.2 Å². The molecule has 0 aliphatic rings. The minimum absolute atomic E-state index is 0.0129. The highest BCUT2D eigenvalue weighted by Crippen LogP contribution is 2.24. The van der Waals surface area contributed by atoms with Crippen LogP contribution in [0.5, 0.6) is 0 Å². The number of benzene rings is 1. The smallest absolute Gasteiger partial charge is 0.128 e. The lowest BCUT2D eigenvalue weighted by Gasteiger charge is -2.25. The lowest BCUT2D eigenvalue weighted by atomic mass is 10.1. The molecular weight excluding hydrogens is 301 g/mol. The van der Waals surface area contributed by atoms with E-state index in [1.807, 2.05) is 13.0 Å². The second kappa shape index (κ2) is 6.21. The van der Waals surface area contributed by atoms with Crippen molar-refractivity contribution < 1.29 is 4.39 Å². The molecule has 1 aromatic carbocycles. The van der Waals surface area contributed by atoms with E-state index in [2.05, 4.69) is 41.3 Å². The van der Waals surface area contributed by atoms with Crippen LogP contribution in [0.15, 0.2) is 22.7 Å². The predicted octanol–water partition coefficient (Wildman–Crippen LogP) is 4.38. The zero-order valence-electron chi connectivity index (χ0n) is 10.7. The van der Waals surface area contributed by atoms with Crippen LogP contribution in [0.1, 0.15) is 32.4 Å². The molecular formula is C13H19BrFNS. The van der Waals surface area contributed by atoms with Gasteiger partial charge in [0.1, 0.15) is 5.82 Å². The van der Waals surface area contributed by atoms with E-state index in [9.17, 15) is 4.39 Å². The molecule has 0 spiro atoms. The molecule has 0 aromatic heterocycles. The van der Waals surface area contributed by atoms with Gasteiger partial charge in [0, 0.05) is 27.4 Å². The second-order valence-electron chi connectivity index (χ2n) is 4.73. The Balaban J connectivity index is 2.70. The van der Waals surface area contributed by atoms with Crippen LogP contribution in [0.3, 0.4) is 0 Å². The minimum atomic E-state index is -0.157. The third-order valence-electron chi connectivity index (χ3n) is 2.81. The summed E-state index contributed by atoms with van der Waals surface area (Å²) in [6.45, 7) is 7.19. The molecule has 0 aliphatic carbocycles. The first kappa shape index (κ1) is 15.0. The van der Waals surface area contributed by atoms with E-state index in [0.717, 1.165) is 11.0 Å². The van der Waals surface area contributed by atoms with Gasteiger partial charge in [-0.2, -0.15) is 11.8 Å². The summed E-state index contributed by atoms with van der Waals surface area (Å²) < 4.78 is 14.7. The largest absolute Gasteiger partial charge is 0.309 e. The monoisotopic (exact) mass is 319 g/mol. The highest BCUT2D eigenvalue weighted by atomic mass is 79.9. The molecule has 0 saturated carbocycles. The molecule has 1 rings (SSSR count). The maximum atomic E-state index is 13.7. The highest BCUT2D eigenvalue weighted by molar-refractivity contribution is 9.10. The highest BCUT2D eigenvalue weighted by Gasteiger charge is 2.18. The summed E-state index contributed by atoms with van der Waals surface area (Å²) in [4.78, 5) is 0. The molecule has 96 valence electrons. The zero-order valence-corrected chi connectivity index (χ0v) is 13.1. The number of halogens is 2. The van der Waals surface area contributed by atoms with Gasteiger partial charge in [-0.15, -0.1) is 0 Å². The number of rotatable bonds is 5. The first-order valence-corrected chi connectivity index (χ1v) is 7.61. The molecule has 1 N–H and O–H groups in total. The predicted molar refractivity (Wildman–Crippen MR) is 78.1 cm³/mol. The number of hydrogen-bond acceptors (Lipinski definition) is 2. The van der Waals surface area contributed by atoms with E-state index in [-0.39, 0.29) is 16.6 Å². The molecule has 0 bridgehead atoms. The van der Waals surface area contributed by atoms with Crippen LogP contribution in [0.4, 0.5) is 4.39 Å². The van der Waals surface area contributed by atoms with Gasteiger partial charge in [0.25, 0.3) is 0 Å². The second-order valence-corrected chi connectivity index (χ2v) is 7.16. The number of thioether (sulfide) groups is 1. The Kier molecular flexibility index (Phi) is 5.48. The van der Waals surface area contributed by atoms with Crippen molar-refractivity contribution in [2.24, 2.45) is 0 Å². The van der Waals surface area contributed by atoms with Crippen molar-refractivity contribution in [3.05, 3.63) is 34.1 Å². The molecule has 1 aromatic rings. The minimum Gasteiger partial charge on any atom is -0.309 e. The fraction of sp³-hybridized carbons (Fsp3) is 0.538. The third-order valence-corrected chi connectivity index (χ3v) is 4.55. The quantitative estimate of drug-likeness (QED) is 0.864. The molecule has 0 radical (unpaired) electrons. The van der Waals surface area contributed by atoms with Crippen molar-refractivity contribution in [2.45, 2.75) is 31.6 Å². The van der Waals surface area contributed by atoms with Gasteiger partial charge in [0.05, 0.1) is 0 Å². The Morgan fingerprint density at radius 3 is 2.71 bits per heavy atom. The van der Waals surface area contributed by atoms with Crippen LogP contribution >= 0.6 is 27.7 Å². The van der Waals surface area contributed by atoms with E-state index in [0.29, 0.717) is 5.56 Å². The molecule has 0 aliphatic heterocycles. The van der Waals surface area contributed by atoms with E-state index < -0.39 is 0 Å². The van der Waals surface area contributed by atoms with Crippen molar-refractivity contribution in [2.75, 3.05) is 12.8 Å². The summed E-state index contributed by atoms with van der Waals surface area (Å²) in [5, 5.41) is 3.38. The van der Waals surface area contributed by atoms with Crippen LogP contribution in [0.2, 0.25) is 0 Å². The standard InChI is InChI=1S/C13H19BrFNS/c1-9(16-8-13(2,3)17-4)11-7-10(14)5-6-12(11)15/h5-7,9,16H,8H2,1-4H3. The lowest BCUT2D eigenvalue weighted by molar-refractivity contribution is 0.498. The molecule has 0 saturated heterocycles. The van der Waals surface area contributed by atoms with Gasteiger partial charge in [-0.25, -0.2) is 4.39 Å². The molecule has 1 atom stereocenters. The Morgan fingerprint density at radius 1 is 1.47 bits per heavy atom. The van der Waals surface area contributed by atoms with Crippen LogP contribution < -0.4 is 5.32 Å². The van der Waals surface area contributed by atoms with Crippen LogP contribution in [-0.2, 0) is 0 Å². The summed E-state index contributed by atoms with van der Waals surface area (Å²) in [7, 11) is 0. The summed E-state index contributed by atoms with van der Waals surface area (Å²) in [6.07, 6.45) is 2.09. The molecule has 0 fully saturated rings. The molecule has 0 amide bonds. The van der Waals surface area contributed by atoms with Crippen molar-refractivity contribution in [3.63, 3.8) is 0 Å². The maximum absolute atomic E-state index is 13.7. The van der Waals surface area contributed by atoms with E-state index in [1.165, 1.54) is 6.07 Å². The summed E-state index contributed by atoms with van der Waals surface area (Å²) in [5.74, 6) is -0.157. The van der Waals surface area contributed by atoms with Crippen molar-refractivity contribution >= 4 is 27.7 Å². The Bertz CT molecular complexity index is 382. The van der Waals surface area contributed by atoms with Gasteiger partial charge in [0.15, 0.2) is 0 Å².